The van der Waals surface area contributed by atoms with Gasteiger partial charge in [0.05, 0.1) is 0 Å². The summed E-state index contributed by atoms with van der Waals surface area (Å²) in [5, 5.41) is 0. The van der Waals surface area contributed by atoms with Crippen molar-refractivity contribution in [3.05, 3.63) is 402 Å². The van der Waals surface area contributed by atoms with Gasteiger partial charge < -0.3 is 72.8 Å². The molecule has 676 valence electrons. The summed E-state index contributed by atoms with van der Waals surface area (Å²) in [6, 6.07) is 116. The van der Waals surface area contributed by atoms with E-state index in [-0.39, 0.29) is 99.6 Å². The zero-order valence-corrected chi connectivity index (χ0v) is 82.9. The van der Waals surface area contributed by atoms with E-state index < -0.39 is 0 Å². The van der Waals surface area contributed by atoms with Crippen LogP contribution in [-0.4, -0.2) is 47.0 Å². The summed E-state index contributed by atoms with van der Waals surface area (Å²) < 4.78 is 38.6. The molecule has 0 bridgehead atoms. The molecule has 13 aromatic carbocycles. The Kier molecular flexibility index (Phi) is 24.0. The number of aromatic nitrogens is 3. The van der Waals surface area contributed by atoms with Gasteiger partial charge in [0, 0.05) is 155 Å². The van der Waals surface area contributed by atoms with Crippen LogP contribution in [0.25, 0.3) is 56.0 Å². The van der Waals surface area contributed by atoms with Crippen LogP contribution in [0.3, 0.4) is 0 Å². The molecule has 0 fully saturated rings. The van der Waals surface area contributed by atoms with E-state index in [9.17, 15) is 0 Å². The van der Waals surface area contributed by atoms with Crippen molar-refractivity contribution in [2.24, 2.45) is 0 Å². The molecule has 0 unspecified atom stereocenters. The number of hydrogen-bond donors (Lipinski definition) is 0. The Bertz CT molecular complexity index is 7360. The van der Waals surface area contributed by atoms with Crippen LogP contribution in [0.2, 0.25) is 0 Å². The summed E-state index contributed by atoms with van der Waals surface area (Å²) in [6.07, 6.45) is 18.0. The van der Waals surface area contributed by atoms with Crippen molar-refractivity contribution in [3.8, 4) is 125 Å². The van der Waals surface area contributed by atoms with E-state index in [1.165, 1.54) is 16.7 Å². The second-order valence-electron chi connectivity index (χ2n) is 37.5. The Morgan fingerprint density at radius 1 is 0.272 bits per heavy atom. The third kappa shape index (κ3) is 16.8. The van der Waals surface area contributed by atoms with Crippen molar-refractivity contribution in [3.63, 3.8) is 0 Å². The fourth-order valence-electron chi connectivity index (χ4n) is 18.8. The van der Waals surface area contributed by atoms with Crippen LogP contribution >= 0.6 is 0 Å². The van der Waals surface area contributed by atoms with Crippen LogP contribution in [-0.2, 0) is 79.4 Å². The number of ether oxygens (including phenoxy) is 6. The van der Waals surface area contributed by atoms with Gasteiger partial charge in [0.2, 0.25) is 20.1 Å². The van der Waals surface area contributed by atoms with Gasteiger partial charge in [-0.25, -0.2) is 0 Å². The van der Waals surface area contributed by atoms with E-state index >= 15 is 0 Å². The average Bonchev–Trinajstić information content (AvgIpc) is 1.50. The molecule has 16 aromatic rings. The molecule has 0 spiro atoms. The van der Waals surface area contributed by atoms with E-state index in [1.807, 2.05) is 183 Å². The SMILES string of the molecule is CC(C)(C)c1ccnc(-c2[c-]c3c(cc2)Oc2cccc4c2B3c2[c-]c(N3C=CN(c5c(-c6ccccc6)cccc5-c5ccccc5)[CH-]3)ccc2O4)c1.CC(C)(C)c1ccnc(-c2[c-]c3c(cc2)Oc2cccc4c2B3c2[c-]c(N3C=CN(c5ccccc5)[CH-]3)ccc2O4)c1.CN1C=CN(c2[c-]c3c(cc2)Oc2cccc4c2B3c2[c-]c(-c3cc(C(C)(C)C)ccn3)ccc2O4)[CH-]1.[Pt].[Pt].[Pt]. The summed E-state index contributed by atoms with van der Waals surface area (Å²) >= 11 is 0. The maximum atomic E-state index is 6.55. The van der Waals surface area contributed by atoms with Gasteiger partial charge in [0.1, 0.15) is 34.5 Å². The van der Waals surface area contributed by atoms with E-state index in [0.29, 0.717) is 0 Å². The molecule has 9 aliphatic heterocycles. The van der Waals surface area contributed by atoms with Crippen molar-refractivity contribution in [1.82, 2.24) is 19.9 Å². The molecular weight excluding hydrogens is 2220 g/mol. The minimum absolute atomic E-state index is 0. The number of para-hydroxylation sites is 2. The standard InChI is InChI=1S/C48H35BN3O2.C36H27BN3O2.C31H25BN3O2.3Pt/c1-48(2,3)35-24-25-50-41(29-35)34-20-22-42-39(28-34)49-40-30-36(21-23-43(40)54-45-19-11-18-44(53-42)46(45)49)51-26-27-52(31-51)47-37(32-12-6-4-7-13-32)16-10-17-38(47)33-14-8-5-9-15-33;1-36(2,3)25-16-17-38-30(21-25)24-12-14-31-28(20-24)37-29-22-27(40-19-18-39(23-40)26-8-5-4-6-9-26)13-15-32(29)42-34-11-7-10-33(41-31)35(34)37;1-31(2,3)21-12-13-33-25(17-21)20-8-10-26-23(16-20)32-24-18-22(35-15-14-34(4)19-35)9-11-27(24)37-29-7-5-6-28(36-26)30(29)32;;;/h4-27,29,31H,1-3H3;4-19,21,23H,1-3H3;5-15,17,19H,1-4H3;;;/q3*-3;;;. The van der Waals surface area contributed by atoms with Crippen LogP contribution in [0.4, 0.5) is 28.4 Å². The molecule has 0 saturated carbocycles. The molecule has 0 amide bonds. The van der Waals surface area contributed by atoms with E-state index in [4.69, 9.17) is 38.4 Å². The van der Waals surface area contributed by atoms with Crippen LogP contribution in [0.1, 0.15) is 79.0 Å². The number of benzene rings is 13. The first-order valence-electron chi connectivity index (χ1n) is 44.9. The molecule has 9 aliphatic rings. The maximum absolute atomic E-state index is 6.55. The molecule has 3 aromatic heterocycles. The van der Waals surface area contributed by atoms with Gasteiger partial charge >= 0.3 is 0 Å². The summed E-state index contributed by atoms with van der Waals surface area (Å²) in [7, 11) is 2.01. The molecule has 0 atom stereocenters. The zero-order valence-electron chi connectivity index (χ0n) is 76.1. The van der Waals surface area contributed by atoms with Crippen LogP contribution < -0.4 is 102 Å². The van der Waals surface area contributed by atoms with Gasteiger partial charge in [0.25, 0.3) is 0 Å². The third-order valence-corrected chi connectivity index (χ3v) is 25.7. The number of nitrogens with zero attached hydrogens (tertiary/aromatic N) is 9. The Morgan fingerprint density at radius 3 is 0.890 bits per heavy atom. The molecule has 0 N–H and O–H groups in total. The van der Waals surface area contributed by atoms with Crippen molar-refractivity contribution in [2.45, 2.75) is 78.6 Å². The number of pyridine rings is 3. The Hall–Kier alpha value is -13.6. The van der Waals surface area contributed by atoms with Gasteiger partial charge in [-0.1, -0.05) is 196 Å². The number of rotatable bonds is 10. The third-order valence-electron chi connectivity index (χ3n) is 25.7. The molecule has 136 heavy (non-hydrogen) atoms. The number of anilines is 5. The van der Waals surface area contributed by atoms with Gasteiger partial charge in [-0.2, -0.15) is 24.9 Å². The van der Waals surface area contributed by atoms with Crippen molar-refractivity contribution < 1.29 is 91.6 Å². The molecule has 12 heterocycles. The Morgan fingerprint density at radius 2 is 0.559 bits per heavy atom. The minimum Gasteiger partial charge on any atom is -0.518 e. The summed E-state index contributed by atoms with van der Waals surface area (Å²) in [6.45, 7) is 25.7. The quantitative estimate of drug-likeness (QED) is 0.0955. The largest absolute Gasteiger partial charge is 0.518 e. The van der Waals surface area contributed by atoms with Crippen LogP contribution in [0.5, 0.6) is 69.0 Å². The summed E-state index contributed by atoms with van der Waals surface area (Å²) in [5.41, 5.74) is 27.6. The van der Waals surface area contributed by atoms with E-state index in [1.54, 1.807) is 0 Å². The first-order valence-corrected chi connectivity index (χ1v) is 44.9. The summed E-state index contributed by atoms with van der Waals surface area (Å²) in [5.74, 6) is 9.50. The van der Waals surface area contributed by atoms with Crippen LogP contribution in [0, 0.1) is 56.4 Å². The summed E-state index contributed by atoms with van der Waals surface area (Å²) in [4.78, 5) is 26.8. The second-order valence-corrected chi connectivity index (χ2v) is 37.5. The molecule has 0 aliphatic carbocycles. The van der Waals surface area contributed by atoms with E-state index in [2.05, 4.69) is 306 Å². The molecule has 15 nitrogen and oxygen atoms in total. The minimum atomic E-state index is -0.194. The van der Waals surface area contributed by atoms with Gasteiger partial charge in [-0.3, -0.25) is 0 Å². The van der Waals surface area contributed by atoms with Gasteiger partial charge in [-0.15, -0.1) is 171 Å². The zero-order chi connectivity index (χ0) is 90.1. The Balaban J connectivity index is 0.000000127. The molecule has 25 rings (SSSR count). The topological polar surface area (TPSA) is 113 Å². The fraction of sp³-hybridized carbons (Fsp3) is 0.113. The normalized spacial score (nSPS) is 14.1. The fourth-order valence-corrected chi connectivity index (χ4v) is 18.8. The van der Waals surface area contributed by atoms with Crippen molar-refractivity contribution >= 4 is 97.7 Å². The first kappa shape index (κ1) is 90.2. The van der Waals surface area contributed by atoms with Crippen LogP contribution in [0.15, 0.2) is 329 Å². The van der Waals surface area contributed by atoms with Crippen molar-refractivity contribution in [2.75, 3.05) is 31.5 Å². The number of fused-ring (bicyclic) bond motifs is 12. The van der Waals surface area contributed by atoms with E-state index in [0.717, 1.165) is 203 Å². The Labute approximate surface area is 839 Å². The van der Waals surface area contributed by atoms with Gasteiger partial charge in [-0.05, 0) is 172 Å². The monoisotopic (exact) mass is 2310 g/mol. The smallest absolute Gasteiger partial charge is 0.214 e. The molecule has 21 heteroatoms. The number of hydrogen-bond acceptors (Lipinski definition) is 15. The molecule has 0 saturated heterocycles. The van der Waals surface area contributed by atoms with Gasteiger partial charge in [0.15, 0.2) is 0 Å². The first-order chi connectivity index (χ1) is 64.7. The van der Waals surface area contributed by atoms with Crippen molar-refractivity contribution in [1.29, 1.82) is 0 Å². The second kappa shape index (κ2) is 36.2. The predicted molar refractivity (Wildman–Crippen MR) is 535 cm³/mol. The molecular formula is C115H87B3N9O6Pt3-9. The maximum Gasteiger partial charge on any atom is 0.214 e. The molecule has 0 radical (unpaired) electrons. The average molecular weight is 2310 g/mol. The predicted octanol–water partition coefficient (Wildman–Crippen LogP) is 20.6.